The predicted octanol–water partition coefficient (Wildman–Crippen LogP) is 3.67. The van der Waals surface area contributed by atoms with E-state index in [-0.39, 0.29) is 5.91 Å². The molecule has 0 N–H and O–H groups in total. The summed E-state index contributed by atoms with van der Waals surface area (Å²) >= 11 is 6.17. The summed E-state index contributed by atoms with van der Waals surface area (Å²) in [6.45, 7) is 2.21. The normalized spacial score (nSPS) is 14.1. The highest BCUT2D eigenvalue weighted by atomic mass is 35.5. The third-order valence-corrected chi connectivity index (χ3v) is 4.88. The Balaban J connectivity index is 1.80. The van der Waals surface area contributed by atoms with E-state index in [4.69, 9.17) is 26.2 Å². The zero-order valence-corrected chi connectivity index (χ0v) is 16.2. The maximum atomic E-state index is 13.2. The van der Waals surface area contributed by atoms with Crippen LogP contribution in [0.3, 0.4) is 0 Å². The first-order chi connectivity index (χ1) is 13.7. The fourth-order valence-electron chi connectivity index (χ4n) is 3.19. The van der Waals surface area contributed by atoms with Crippen molar-refractivity contribution in [3.63, 3.8) is 0 Å². The summed E-state index contributed by atoms with van der Waals surface area (Å²) in [6.07, 6.45) is 0. The van der Waals surface area contributed by atoms with E-state index in [2.05, 4.69) is 0 Å². The molecular weight excluding hydrogens is 378 g/mol. The second-order valence-electron chi connectivity index (χ2n) is 6.44. The highest BCUT2D eigenvalue weighted by Gasteiger charge is 2.24. The van der Waals surface area contributed by atoms with E-state index in [1.165, 1.54) is 0 Å². The average Bonchev–Trinajstić information content (AvgIpc) is 3.19. The first-order valence-corrected chi connectivity index (χ1v) is 9.41. The number of amides is 1. The number of hydrogen-bond acceptors (Lipinski definition) is 4. The van der Waals surface area contributed by atoms with Gasteiger partial charge in [0.15, 0.2) is 0 Å². The van der Waals surface area contributed by atoms with Crippen LogP contribution in [-0.2, 0) is 4.74 Å². The molecule has 2 heterocycles. The zero-order valence-electron chi connectivity index (χ0n) is 15.5. The lowest BCUT2D eigenvalue weighted by Crippen LogP contribution is -2.41. The van der Waals surface area contributed by atoms with Crippen molar-refractivity contribution in [3.8, 4) is 22.7 Å². The largest absolute Gasteiger partial charge is 0.497 e. The molecule has 7 heteroatoms. The molecule has 1 amide bonds. The van der Waals surface area contributed by atoms with Gasteiger partial charge >= 0.3 is 0 Å². The summed E-state index contributed by atoms with van der Waals surface area (Å²) < 4.78 is 12.3. The van der Waals surface area contributed by atoms with Crippen LogP contribution < -0.4 is 4.74 Å². The topological polar surface area (TPSA) is 56.6 Å². The van der Waals surface area contributed by atoms with E-state index in [1.54, 1.807) is 28.8 Å². The number of morpholine rings is 1. The molecule has 1 aromatic heterocycles. The Morgan fingerprint density at radius 2 is 1.89 bits per heavy atom. The Morgan fingerprint density at radius 1 is 1.11 bits per heavy atom. The van der Waals surface area contributed by atoms with Crippen LogP contribution in [0.2, 0.25) is 5.02 Å². The second kappa shape index (κ2) is 8.04. The van der Waals surface area contributed by atoms with E-state index in [0.29, 0.717) is 42.7 Å². The number of halogens is 1. The number of methoxy groups -OCH3 is 1. The Labute approximate surface area is 168 Å². The summed E-state index contributed by atoms with van der Waals surface area (Å²) in [5, 5.41) is 5.29. The molecule has 2 aromatic carbocycles. The van der Waals surface area contributed by atoms with Gasteiger partial charge < -0.3 is 14.4 Å². The lowest BCUT2D eigenvalue weighted by atomic mass is 10.1. The molecule has 0 aliphatic carbocycles. The summed E-state index contributed by atoms with van der Waals surface area (Å²) in [6, 6.07) is 16.7. The molecule has 0 atom stereocenters. The van der Waals surface area contributed by atoms with Crippen molar-refractivity contribution in [3.05, 3.63) is 65.3 Å². The molecule has 0 unspecified atom stereocenters. The van der Waals surface area contributed by atoms with E-state index >= 15 is 0 Å². The highest BCUT2D eigenvalue weighted by Crippen LogP contribution is 2.26. The van der Waals surface area contributed by atoms with Crippen LogP contribution in [0.15, 0.2) is 54.6 Å². The van der Waals surface area contributed by atoms with Gasteiger partial charge in [-0.1, -0.05) is 29.8 Å². The third-order valence-electron chi connectivity index (χ3n) is 4.65. The first kappa shape index (κ1) is 18.5. The lowest BCUT2D eigenvalue weighted by Gasteiger charge is -2.26. The number of carbonyl (C=O) groups is 1. The van der Waals surface area contributed by atoms with Crippen molar-refractivity contribution in [2.45, 2.75) is 0 Å². The number of nitrogens with zero attached hydrogens (tertiary/aromatic N) is 3. The van der Waals surface area contributed by atoms with E-state index in [0.717, 1.165) is 17.0 Å². The SMILES string of the molecule is COc1cccc(-c2cc(C(=O)N3CCOCC3)n(-c3cccc(Cl)c3)n2)c1. The zero-order chi connectivity index (χ0) is 19.5. The second-order valence-corrected chi connectivity index (χ2v) is 6.88. The summed E-state index contributed by atoms with van der Waals surface area (Å²) in [4.78, 5) is 15.0. The fraction of sp³-hybridized carbons (Fsp3) is 0.238. The van der Waals surface area contributed by atoms with Crippen LogP contribution in [0.1, 0.15) is 10.5 Å². The van der Waals surface area contributed by atoms with Gasteiger partial charge in [-0.3, -0.25) is 4.79 Å². The average molecular weight is 398 g/mol. The molecule has 6 nitrogen and oxygen atoms in total. The summed E-state index contributed by atoms with van der Waals surface area (Å²) in [5.74, 6) is 0.654. The summed E-state index contributed by atoms with van der Waals surface area (Å²) in [7, 11) is 1.62. The van der Waals surface area contributed by atoms with Crippen LogP contribution in [-0.4, -0.2) is 54.0 Å². The van der Waals surface area contributed by atoms with E-state index in [9.17, 15) is 4.79 Å². The van der Waals surface area contributed by atoms with Crippen LogP contribution >= 0.6 is 11.6 Å². The van der Waals surface area contributed by atoms with Crippen molar-refractivity contribution < 1.29 is 14.3 Å². The van der Waals surface area contributed by atoms with Crippen LogP contribution in [0.25, 0.3) is 16.9 Å². The van der Waals surface area contributed by atoms with Crippen molar-refractivity contribution in [2.75, 3.05) is 33.4 Å². The Kier molecular flexibility index (Phi) is 5.32. The van der Waals surface area contributed by atoms with Crippen molar-refractivity contribution >= 4 is 17.5 Å². The Hall–Kier alpha value is -2.83. The standard InChI is InChI=1S/C21H20ClN3O3/c1-27-18-7-2-4-15(12-18)19-14-20(21(26)24-8-10-28-11-9-24)25(23-19)17-6-3-5-16(22)13-17/h2-7,12-14H,8-11H2,1H3. The Bertz CT molecular complexity index is 996. The smallest absolute Gasteiger partial charge is 0.272 e. The molecule has 1 saturated heterocycles. The quantitative estimate of drug-likeness (QED) is 0.674. The molecule has 1 aliphatic heterocycles. The molecular formula is C21H20ClN3O3. The predicted molar refractivity (Wildman–Crippen MR) is 107 cm³/mol. The fourth-order valence-corrected chi connectivity index (χ4v) is 3.37. The van der Waals surface area contributed by atoms with Crippen molar-refractivity contribution in [2.24, 2.45) is 0 Å². The Morgan fingerprint density at radius 3 is 2.64 bits per heavy atom. The van der Waals surface area contributed by atoms with Gasteiger partial charge in [0.05, 0.1) is 31.7 Å². The van der Waals surface area contributed by atoms with Crippen LogP contribution in [0, 0.1) is 0 Å². The third kappa shape index (κ3) is 3.74. The number of rotatable bonds is 4. The van der Waals surface area contributed by atoms with Crippen LogP contribution in [0.5, 0.6) is 5.75 Å². The minimum Gasteiger partial charge on any atom is -0.497 e. The summed E-state index contributed by atoms with van der Waals surface area (Å²) in [5.41, 5.74) is 2.78. The minimum atomic E-state index is -0.0788. The maximum absolute atomic E-state index is 13.2. The highest BCUT2D eigenvalue weighted by molar-refractivity contribution is 6.30. The molecule has 28 heavy (non-hydrogen) atoms. The van der Waals surface area contributed by atoms with Gasteiger partial charge in [-0.05, 0) is 36.4 Å². The molecule has 1 aliphatic rings. The number of hydrogen-bond donors (Lipinski definition) is 0. The van der Waals surface area contributed by atoms with Gasteiger partial charge in [0.25, 0.3) is 5.91 Å². The molecule has 0 saturated carbocycles. The molecule has 0 radical (unpaired) electrons. The van der Waals surface area contributed by atoms with Gasteiger partial charge in [0, 0.05) is 23.7 Å². The van der Waals surface area contributed by atoms with Gasteiger partial charge in [-0.2, -0.15) is 5.10 Å². The van der Waals surface area contributed by atoms with Gasteiger partial charge in [-0.15, -0.1) is 0 Å². The monoisotopic (exact) mass is 397 g/mol. The van der Waals surface area contributed by atoms with Crippen molar-refractivity contribution in [1.29, 1.82) is 0 Å². The number of aromatic nitrogens is 2. The number of ether oxygens (including phenoxy) is 2. The lowest BCUT2D eigenvalue weighted by molar-refractivity contribution is 0.0297. The number of carbonyl (C=O) groups excluding carboxylic acids is 1. The number of benzene rings is 2. The van der Waals surface area contributed by atoms with Crippen LogP contribution in [0.4, 0.5) is 0 Å². The van der Waals surface area contributed by atoms with E-state index < -0.39 is 0 Å². The molecule has 4 rings (SSSR count). The molecule has 0 bridgehead atoms. The molecule has 0 spiro atoms. The molecule has 3 aromatic rings. The first-order valence-electron chi connectivity index (χ1n) is 9.03. The maximum Gasteiger partial charge on any atom is 0.272 e. The molecule has 144 valence electrons. The van der Waals surface area contributed by atoms with Gasteiger partial charge in [0.1, 0.15) is 11.4 Å². The van der Waals surface area contributed by atoms with Gasteiger partial charge in [0.2, 0.25) is 0 Å². The van der Waals surface area contributed by atoms with Gasteiger partial charge in [-0.25, -0.2) is 4.68 Å². The van der Waals surface area contributed by atoms with Crippen molar-refractivity contribution in [1.82, 2.24) is 14.7 Å². The molecule has 1 fully saturated rings. The van der Waals surface area contributed by atoms with E-state index in [1.807, 2.05) is 42.5 Å². The minimum absolute atomic E-state index is 0.0788.